The van der Waals surface area contributed by atoms with Crippen LogP contribution in [0.25, 0.3) is 0 Å². The lowest BCUT2D eigenvalue weighted by molar-refractivity contribution is -0.104. The van der Waals surface area contributed by atoms with Gasteiger partial charge < -0.3 is 9.47 Å². The second kappa shape index (κ2) is 12.2. The van der Waals surface area contributed by atoms with Crippen LogP contribution in [0.4, 0.5) is 0 Å². The lowest BCUT2D eigenvalue weighted by Crippen LogP contribution is -2.54. The minimum atomic E-state index is 0.547. The molecule has 3 heterocycles. The van der Waals surface area contributed by atoms with Crippen LogP contribution >= 0.6 is 0 Å². The zero-order valence-electron chi connectivity index (χ0n) is 31.1. The summed E-state index contributed by atoms with van der Waals surface area (Å²) in [4.78, 5) is 3.43. The van der Waals surface area contributed by atoms with E-state index in [0.29, 0.717) is 24.4 Å². The van der Waals surface area contributed by atoms with Crippen molar-refractivity contribution in [3.63, 3.8) is 0 Å². The maximum absolute atomic E-state index is 7.47. The van der Waals surface area contributed by atoms with Gasteiger partial charge in [-0.1, -0.05) is 64.2 Å². The summed E-state index contributed by atoms with van der Waals surface area (Å²) in [6, 6.07) is 2.71. The number of ether oxygens (including phenoxy) is 2. The van der Waals surface area contributed by atoms with Crippen molar-refractivity contribution in [2.75, 3.05) is 0 Å². The summed E-state index contributed by atoms with van der Waals surface area (Å²) in [6.07, 6.45) is 39.9. The molecular weight excluding hydrogens is 599 g/mol. The summed E-state index contributed by atoms with van der Waals surface area (Å²) >= 11 is 0. The van der Waals surface area contributed by atoms with Gasteiger partial charge in [-0.2, -0.15) is 0 Å². The van der Waals surface area contributed by atoms with Crippen LogP contribution in [-0.4, -0.2) is 47.4 Å². The molecule has 0 aromatic rings. The fraction of sp³-hybridized carbons (Fsp3) is 1.00. The molecule has 12 rings (SSSR count). The van der Waals surface area contributed by atoms with Gasteiger partial charge in [0.15, 0.2) is 0 Å². The Morgan fingerprint density at radius 2 is 1.00 bits per heavy atom. The first-order chi connectivity index (χ1) is 24.3. The lowest BCUT2D eigenvalue weighted by Gasteiger charge is -2.53. The molecule has 49 heavy (non-hydrogen) atoms. The first kappa shape index (κ1) is 31.3. The van der Waals surface area contributed by atoms with E-state index in [2.05, 4.69) is 4.90 Å². The van der Waals surface area contributed by atoms with Gasteiger partial charge in [-0.25, -0.2) is 0 Å². The highest BCUT2D eigenvalue weighted by Crippen LogP contribution is 2.67. The second-order valence-corrected chi connectivity index (χ2v) is 21.4. The van der Waals surface area contributed by atoms with E-state index < -0.39 is 0 Å². The number of fused-ring (bicyclic) bond motifs is 9. The Morgan fingerprint density at radius 3 is 1.86 bits per heavy atom. The Balaban J connectivity index is 0.871. The topological polar surface area (TPSA) is 21.7 Å². The zero-order valence-corrected chi connectivity index (χ0v) is 31.1. The molecule has 3 nitrogen and oxygen atoms in total. The maximum Gasteiger partial charge on any atom is 0.0645 e. The van der Waals surface area contributed by atoms with Crippen molar-refractivity contribution in [1.29, 1.82) is 0 Å². The van der Waals surface area contributed by atoms with Crippen LogP contribution in [0, 0.1) is 82.9 Å². The number of hydrogen-bond acceptors (Lipinski definition) is 3. The highest BCUT2D eigenvalue weighted by atomic mass is 16.5. The van der Waals surface area contributed by atoms with Gasteiger partial charge >= 0.3 is 0 Å². The normalized spacial score (nSPS) is 60.6. The van der Waals surface area contributed by atoms with Crippen LogP contribution in [0.3, 0.4) is 0 Å². The van der Waals surface area contributed by atoms with E-state index in [-0.39, 0.29) is 0 Å². The summed E-state index contributed by atoms with van der Waals surface area (Å²) in [6.45, 7) is 0. The molecule has 21 unspecified atom stereocenters. The third-order valence-corrected chi connectivity index (χ3v) is 20.1. The molecule has 272 valence electrons. The summed E-state index contributed by atoms with van der Waals surface area (Å²) in [7, 11) is 0. The minimum absolute atomic E-state index is 0.547. The average molecular weight is 670 g/mol. The highest BCUT2D eigenvalue weighted by Gasteiger charge is 2.66. The van der Waals surface area contributed by atoms with Crippen molar-refractivity contribution in [2.45, 2.75) is 203 Å². The number of likely N-dealkylation sites (tertiary alicyclic amines) is 1. The monoisotopic (exact) mass is 670 g/mol. The molecule has 9 saturated carbocycles. The summed E-state index contributed by atoms with van der Waals surface area (Å²) < 4.78 is 14.7. The van der Waals surface area contributed by atoms with E-state index >= 15 is 0 Å². The van der Waals surface area contributed by atoms with Crippen LogP contribution in [0.15, 0.2) is 0 Å². The Labute approximate surface area is 299 Å². The lowest BCUT2D eigenvalue weighted by atomic mass is 9.55. The molecule has 0 aromatic heterocycles. The van der Waals surface area contributed by atoms with Crippen LogP contribution in [-0.2, 0) is 9.47 Å². The molecule has 0 N–H and O–H groups in total. The first-order valence-electron chi connectivity index (χ1n) is 23.4. The van der Waals surface area contributed by atoms with Gasteiger partial charge in [-0.05, 0) is 179 Å². The van der Waals surface area contributed by atoms with E-state index in [1.807, 2.05) is 0 Å². The summed E-state index contributed by atoms with van der Waals surface area (Å²) in [5.41, 5.74) is 0. The van der Waals surface area contributed by atoms with Crippen molar-refractivity contribution in [2.24, 2.45) is 82.9 Å². The van der Waals surface area contributed by atoms with Crippen molar-refractivity contribution in [3.8, 4) is 0 Å². The van der Waals surface area contributed by atoms with Crippen LogP contribution in [0.2, 0.25) is 0 Å². The van der Waals surface area contributed by atoms with Crippen molar-refractivity contribution in [1.82, 2.24) is 4.90 Å². The number of nitrogens with zero attached hydrogens (tertiary/aromatic N) is 1. The molecule has 0 bridgehead atoms. The van der Waals surface area contributed by atoms with Crippen LogP contribution in [0.1, 0.15) is 161 Å². The standard InChI is InChI=1S/C46H71NO2/c1-3-12-30-27(9-1)23-35(41-24-28-10-2-6-18-39(28)48-41)43-36-25-29(20-22-40(36)49-46(30)43)47-37-17-8-16-34-32-14-5-4-13-31(32)33-15-7-11-26-19-21-38(47)45(42(26)33)44(34)37/h26-46H,1-25H2. The van der Waals surface area contributed by atoms with E-state index in [9.17, 15) is 0 Å². The Hall–Kier alpha value is -0.120. The predicted molar refractivity (Wildman–Crippen MR) is 195 cm³/mol. The van der Waals surface area contributed by atoms with E-state index in [0.717, 1.165) is 101 Å². The molecular formula is C46H71NO2. The zero-order chi connectivity index (χ0) is 31.8. The predicted octanol–water partition coefficient (Wildman–Crippen LogP) is 10.4. The van der Waals surface area contributed by atoms with Crippen molar-refractivity contribution in [3.05, 3.63) is 0 Å². The van der Waals surface area contributed by atoms with E-state index in [1.165, 1.54) is 83.5 Å². The molecule has 0 radical (unpaired) electrons. The molecule has 12 aliphatic rings. The fourth-order valence-electron chi connectivity index (χ4n) is 19.0. The SMILES string of the molecule is C1CCC2OC(C3CC4CCCCC4C4OC5CCC(N6C7CCCC8C9CCCCC9C9CCCC%10CCC6C(C%109)C87)CC5C34)CC2C1. The molecule has 21 atom stereocenters. The minimum Gasteiger partial charge on any atom is -0.374 e. The third kappa shape index (κ3) is 4.67. The largest absolute Gasteiger partial charge is 0.374 e. The molecule has 0 amide bonds. The van der Waals surface area contributed by atoms with Gasteiger partial charge in [0.1, 0.15) is 0 Å². The average Bonchev–Trinajstić information content (AvgIpc) is 3.84. The third-order valence-electron chi connectivity index (χ3n) is 20.1. The maximum atomic E-state index is 7.47. The number of hydrogen-bond donors (Lipinski definition) is 0. The quantitative estimate of drug-likeness (QED) is 0.292. The Kier molecular flexibility index (Phi) is 7.78. The van der Waals surface area contributed by atoms with Gasteiger partial charge in [0, 0.05) is 18.1 Å². The number of rotatable bonds is 2. The molecule has 9 aliphatic carbocycles. The van der Waals surface area contributed by atoms with Gasteiger partial charge in [-0.15, -0.1) is 0 Å². The van der Waals surface area contributed by atoms with E-state index in [4.69, 9.17) is 9.47 Å². The molecule has 0 aromatic carbocycles. The molecule has 0 spiro atoms. The van der Waals surface area contributed by atoms with Crippen molar-refractivity contribution < 1.29 is 9.47 Å². The molecule has 3 aliphatic heterocycles. The molecule has 3 saturated heterocycles. The smallest absolute Gasteiger partial charge is 0.0645 e. The van der Waals surface area contributed by atoms with Crippen LogP contribution in [0.5, 0.6) is 0 Å². The second-order valence-electron chi connectivity index (χ2n) is 21.4. The van der Waals surface area contributed by atoms with Gasteiger partial charge in [-0.3, -0.25) is 4.90 Å². The van der Waals surface area contributed by atoms with Crippen LogP contribution < -0.4 is 0 Å². The van der Waals surface area contributed by atoms with Gasteiger partial charge in [0.25, 0.3) is 0 Å². The molecule has 3 heteroatoms. The fourth-order valence-corrected chi connectivity index (χ4v) is 19.0. The Bertz CT molecular complexity index is 1220. The summed E-state index contributed by atoms with van der Waals surface area (Å²) in [5, 5.41) is 0. The molecule has 12 fully saturated rings. The van der Waals surface area contributed by atoms with Gasteiger partial charge in [0.2, 0.25) is 0 Å². The first-order valence-corrected chi connectivity index (χ1v) is 23.4. The Morgan fingerprint density at radius 1 is 0.327 bits per heavy atom. The van der Waals surface area contributed by atoms with Gasteiger partial charge in [0.05, 0.1) is 24.4 Å². The van der Waals surface area contributed by atoms with Crippen molar-refractivity contribution >= 4 is 0 Å². The van der Waals surface area contributed by atoms with E-state index in [1.54, 1.807) is 77.0 Å². The summed E-state index contributed by atoms with van der Waals surface area (Å²) in [5.74, 6) is 13.8. The highest BCUT2D eigenvalue weighted by molar-refractivity contribution is 5.17.